The molecule has 132 valence electrons. The van der Waals surface area contributed by atoms with Crippen LogP contribution in [-0.4, -0.2) is 43.6 Å². The number of likely N-dealkylation sites (N-methyl/N-ethyl adjacent to an activating group) is 1. The first-order valence-electron chi connectivity index (χ1n) is 7.64. The Balaban J connectivity index is 0.00000484. The molecule has 7 heteroatoms. The standard InChI is InChI=1S/C16H26F2N4.HI/c1-5-22(6-2)12(3)10-20-16(19-4)21-11-13-9-14(17)7-8-15(13)18;/h7-9,12H,5-6,10-11H2,1-4H3,(H2,19,20,21);1H. The van der Waals surface area contributed by atoms with Gasteiger partial charge < -0.3 is 10.6 Å². The van der Waals surface area contributed by atoms with E-state index in [1.54, 1.807) is 7.05 Å². The Morgan fingerprint density at radius 2 is 1.87 bits per heavy atom. The molecule has 0 radical (unpaired) electrons. The predicted molar refractivity (Wildman–Crippen MR) is 102 cm³/mol. The summed E-state index contributed by atoms with van der Waals surface area (Å²) in [6, 6.07) is 3.79. The minimum absolute atomic E-state index is 0. The molecule has 1 unspecified atom stereocenters. The van der Waals surface area contributed by atoms with Gasteiger partial charge in [0.1, 0.15) is 11.6 Å². The van der Waals surface area contributed by atoms with Crippen LogP contribution in [0.3, 0.4) is 0 Å². The Morgan fingerprint density at radius 3 is 2.43 bits per heavy atom. The highest BCUT2D eigenvalue weighted by Crippen LogP contribution is 2.09. The molecule has 0 amide bonds. The molecular formula is C16H27F2IN4. The molecule has 0 aromatic heterocycles. The van der Waals surface area contributed by atoms with Crippen molar-refractivity contribution in [1.82, 2.24) is 15.5 Å². The number of benzene rings is 1. The molecule has 1 atom stereocenters. The van der Waals surface area contributed by atoms with Crippen molar-refractivity contribution in [2.75, 3.05) is 26.7 Å². The van der Waals surface area contributed by atoms with Gasteiger partial charge >= 0.3 is 0 Å². The van der Waals surface area contributed by atoms with Gasteiger partial charge in [-0.05, 0) is 38.2 Å². The molecule has 0 aliphatic heterocycles. The van der Waals surface area contributed by atoms with E-state index in [1.807, 2.05) is 0 Å². The fraction of sp³-hybridized carbons (Fsp3) is 0.562. The quantitative estimate of drug-likeness (QED) is 0.389. The molecule has 1 aromatic rings. The van der Waals surface area contributed by atoms with E-state index in [-0.39, 0.29) is 36.1 Å². The third-order valence-electron chi connectivity index (χ3n) is 3.68. The van der Waals surface area contributed by atoms with Gasteiger partial charge in [-0.2, -0.15) is 0 Å². The average Bonchev–Trinajstić information content (AvgIpc) is 2.51. The van der Waals surface area contributed by atoms with Crippen LogP contribution in [0.4, 0.5) is 8.78 Å². The van der Waals surface area contributed by atoms with Gasteiger partial charge in [0.05, 0.1) is 0 Å². The zero-order chi connectivity index (χ0) is 16.5. The smallest absolute Gasteiger partial charge is 0.191 e. The van der Waals surface area contributed by atoms with E-state index >= 15 is 0 Å². The van der Waals surface area contributed by atoms with Crippen LogP contribution in [0.1, 0.15) is 26.3 Å². The van der Waals surface area contributed by atoms with Crippen LogP contribution in [0.5, 0.6) is 0 Å². The molecule has 2 N–H and O–H groups in total. The van der Waals surface area contributed by atoms with Crippen LogP contribution in [0, 0.1) is 11.6 Å². The number of halogens is 3. The van der Waals surface area contributed by atoms with Crippen LogP contribution in [0.2, 0.25) is 0 Å². The Morgan fingerprint density at radius 1 is 1.22 bits per heavy atom. The minimum atomic E-state index is -0.448. The minimum Gasteiger partial charge on any atom is -0.355 e. The average molecular weight is 440 g/mol. The molecule has 0 fully saturated rings. The molecule has 0 saturated heterocycles. The van der Waals surface area contributed by atoms with Crippen molar-refractivity contribution in [3.05, 3.63) is 35.4 Å². The summed E-state index contributed by atoms with van der Waals surface area (Å²) in [5.74, 6) is -0.306. The summed E-state index contributed by atoms with van der Waals surface area (Å²) in [5, 5.41) is 6.20. The summed E-state index contributed by atoms with van der Waals surface area (Å²) < 4.78 is 26.7. The molecular weight excluding hydrogens is 413 g/mol. The van der Waals surface area contributed by atoms with Gasteiger partial charge in [-0.25, -0.2) is 8.78 Å². The number of aliphatic imine (C=N–C) groups is 1. The van der Waals surface area contributed by atoms with Gasteiger partial charge in [0, 0.05) is 31.7 Å². The van der Waals surface area contributed by atoms with Crippen LogP contribution < -0.4 is 10.6 Å². The third kappa shape index (κ3) is 7.43. The molecule has 0 aliphatic rings. The van der Waals surface area contributed by atoms with Gasteiger partial charge in [0.2, 0.25) is 0 Å². The van der Waals surface area contributed by atoms with Crippen molar-refractivity contribution < 1.29 is 8.78 Å². The molecule has 0 spiro atoms. The van der Waals surface area contributed by atoms with Gasteiger partial charge in [-0.1, -0.05) is 13.8 Å². The lowest BCUT2D eigenvalue weighted by molar-refractivity contribution is 0.231. The lowest BCUT2D eigenvalue weighted by Crippen LogP contribution is -2.45. The number of hydrogen-bond donors (Lipinski definition) is 2. The normalized spacial score (nSPS) is 12.7. The van der Waals surface area contributed by atoms with E-state index in [4.69, 9.17) is 0 Å². The number of guanidine groups is 1. The second-order valence-corrected chi connectivity index (χ2v) is 5.11. The van der Waals surface area contributed by atoms with Gasteiger partial charge in [-0.15, -0.1) is 24.0 Å². The number of hydrogen-bond acceptors (Lipinski definition) is 2. The summed E-state index contributed by atoms with van der Waals surface area (Å²) in [5.41, 5.74) is 0.278. The molecule has 4 nitrogen and oxygen atoms in total. The van der Waals surface area contributed by atoms with Crippen molar-refractivity contribution in [1.29, 1.82) is 0 Å². The molecule has 0 aliphatic carbocycles. The third-order valence-corrected chi connectivity index (χ3v) is 3.68. The van der Waals surface area contributed by atoms with E-state index in [0.717, 1.165) is 31.8 Å². The fourth-order valence-electron chi connectivity index (χ4n) is 2.30. The van der Waals surface area contributed by atoms with Crippen molar-refractivity contribution in [3.8, 4) is 0 Å². The zero-order valence-corrected chi connectivity index (χ0v) is 16.5. The lowest BCUT2D eigenvalue weighted by atomic mass is 10.2. The van der Waals surface area contributed by atoms with Crippen LogP contribution in [0.15, 0.2) is 23.2 Å². The summed E-state index contributed by atoms with van der Waals surface area (Å²) in [6.07, 6.45) is 0. The summed E-state index contributed by atoms with van der Waals surface area (Å²) in [7, 11) is 1.65. The molecule has 0 heterocycles. The lowest BCUT2D eigenvalue weighted by Gasteiger charge is -2.27. The van der Waals surface area contributed by atoms with Gasteiger partial charge in [-0.3, -0.25) is 9.89 Å². The summed E-state index contributed by atoms with van der Waals surface area (Å²) in [6.45, 7) is 9.27. The van der Waals surface area contributed by atoms with Crippen molar-refractivity contribution in [2.45, 2.75) is 33.4 Å². The molecule has 23 heavy (non-hydrogen) atoms. The first kappa shape index (κ1) is 22.0. The Kier molecular flexibility index (Phi) is 11.1. The fourth-order valence-corrected chi connectivity index (χ4v) is 2.30. The van der Waals surface area contributed by atoms with Crippen molar-refractivity contribution in [2.24, 2.45) is 4.99 Å². The highest BCUT2D eigenvalue weighted by atomic mass is 127. The molecule has 0 saturated carbocycles. The van der Waals surface area contributed by atoms with E-state index in [1.165, 1.54) is 6.07 Å². The molecule has 1 rings (SSSR count). The van der Waals surface area contributed by atoms with Gasteiger partial charge in [0.15, 0.2) is 5.96 Å². The zero-order valence-electron chi connectivity index (χ0n) is 14.2. The van der Waals surface area contributed by atoms with Crippen molar-refractivity contribution >= 4 is 29.9 Å². The van der Waals surface area contributed by atoms with Crippen molar-refractivity contribution in [3.63, 3.8) is 0 Å². The highest BCUT2D eigenvalue weighted by molar-refractivity contribution is 14.0. The highest BCUT2D eigenvalue weighted by Gasteiger charge is 2.11. The summed E-state index contributed by atoms with van der Waals surface area (Å²) >= 11 is 0. The number of nitrogens with one attached hydrogen (secondary N) is 2. The Bertz CT molecular complexity index is 493. The first-order valence-corrected chi connectivity index (χ1v) is 7.64. The Labute approximate surface area is 154 Å². The predicted octanol–water partition coefficient (Wildman–Crippen LogP) is 2.98. The van der Waals surface area contributed by atoms with E-state index in [0.29, 0.717) is 12.0 Å². The first-order chi connectivity index (χ1) is 10.5. The van der Waals surface area contributed by atoms with E-state index in [9.17, 15) is 8.78 Å². The Hall–Kier alpha value is -0.960. The second-order valence-electron chi connectivity index (χ2n) is 5.11. The number of rotatable bonds is 7. The number of nitrogens with zero attached hydrogens (tertiary/aromatic N) is 2. The maximum atomic E-state index is 13.6. The second kappa shape index (κ2) is 11.6. The SMILES string of the molecule is CCN(CC)C(C)CNC(=NC)NCc1cc(F)ccc1F.I. The summed E-state index contributed by atoms with van der Waals surface area (Å²) in [4.78, 5) is 6.42. The maximum Gasteiger partial charge on any atom is 0.191 e. The monoisotopic (exact) mass is 440 g/mol. The van der Waals surface area contributed by atoms with Crippen LogP contribution >= 0.6 is 24.0 Å². The molecule has 1 aromatic carbocycles. The largest absolute Gasteiger partial charge is 0.355 e. The molecule has 0 bridgehead atoms. The van der Waals surface area contributed by atoms with Crippen LogP contribution in [-0.2, 0) is 6.54 Å². The maximum absolute atomic E-state index is 13.6. The topological polar surface area (TPSA) is 39.7 Å². The van der Waals surface area contributed by atoms with E-state index in [2.05, 4.69) is 41.3 Å². The van der Waals surface area contributed by atoms with Crippen LogP contribution in [0.25, 0.3) is 0 Å². The van der Waals surface area contributed by atoms with Gasteiger partial charge in [0.25, 0.3) is 0 Å². The van der Waals surface area contributed by atoms with E-state index < -0.39 is 11.6 Å².